The number of halogens is 1. The lowest BCUT2D eigenvalue weighted by Gasteiger charge is -2.12. The van der Waals surface area contributed by atoms with Gasteiger partial charge in [0.05, 0.1) is 5.69 Å². The van der Waals surface area contributed by atoms with Crippen LogP contribution in [0.4, 0.5) is 0 Å². The number of carboxylic acids is 1. The first-order valence-electron chi connectivity index (χ1n) is 11.1. The molecule has 0 radical (unpaired) electrons. The Bertz CT molecular complexity index is 1320. The maximum Gasteiger partial charge on any atom is 0.341 e. The van der Waals surface area contributed by atoms with Crippen molar-refractivity contribution in [2.24, 2.45) is 0 Å². The predicted molar refractivity (Wildman–Crippen MR) is 146 cm³/mol. The van der Waals surface area contributed by atoms with E-state index in [9.17, 15) is 4.79 Å². The molecule has 0 bridgehead atoms. The highest BCUT2D eigenvalue weighted by Gasteiger charge is 2.09. The Hall–Kier alpha value is -3.65. The summed E-state index contributed by atoms with van der Waals surface area (Å²) < 4.78 is 12.4. The number of benzene rings is 3. The molecule has 0 fully saturated rings. The van der Waals surface area contributed by atoms with Crippen LogP contribution in [0.3, 0.4) is 0 Å². The van der Waals surface area contributed by atoms with Crippen molar-refractivity contribution in [3.8, 4) is 22.8 Å². The summed E-state index contributed by atoms with van der Waals surface area (Å²) in [5.41, 5.74) is 5.93. The molecule has 0 saturated carbocycles. The number of hydrogen-bond donors (Lipinski definition) is 1. The van der Waals surface area contributed by atoms with Gasteiger partial charge in [-0.3, -0.25) is 4.98 Å². The fourth-order valence-electron chi connectivity index (χ4n) is 3.60. The van der Waals surface area contributed by atoms with E-state index < -0.39 is 5.97 Å². The summed E-state index contributed by atoms with van der Waals surface area (Å²) in [6.45, 7) is 1.84. The fraction of sp³-hybridized carbons (Fsp3) is 0.103. The van der Waals surface area contributed by atoms with Crippen LogP contribution in [-0.2, 0) is 4.79 Å². The smallest absolute Gasteiger partial charge is 0.341 e. The van der Waals surface area contributed by atoms with Crippen LogP contribution in [0.25, 0.3) is 16.8 Å². The van der Waals surface area contributed by atoms with E-state index in [4.69, 9.17) is 19.6 Å². The zero-order valence-corrected chi connectivity index (χ0v) is 21.3. The van der Waals surface area contributed by atoms with Crippen LogP contribution in [0.15, 0.2) is 97.2 Å². The summed E-state index contributed by atoms with van der Waals surface area (Å²) in [6.07, 6.45) is 3.94. The highest BCUT2D eigenvalue weighted by molar-refractivity contribution is 14.1. The molecule has 0 aliphatic rings. The molecular formula is C29H24INO4. The number of nitrogens with zero attached hydrogens (tertiary/aromatic N) is 1. The van der Waals surface area contributed by atoms with Crippen LogP contribution < -0.4 is 9.47 Å². The Labute approximate surface area is 218 Å². The van der Waals surface area contributed by atoms with Gasteiger partial charge in [0.15, 0.2) is 6.61 Å². The predicted octanol–water partition coefficient (Wildman–Crippen LogP) is 6.64. The van der Waals surface area contributed by atoms with Gasteiger partial charge in [-0.2, -0.15) is 0 Å². The topological polar surface area (TPSA) is 68.7 Å². The second-order valence-electron chi connectivity index (χ2n) is 7.84. The van der Waals surface area contributed by atoms with E-state index in [0.29, 0.717) is 18.1 Å². The molecule has 1 heterocycles. The third-order valence-electron chi connectivity index (χ3n) is 5.33. The van der Waals surface area contributed by atoms with Crippen molar-refractivity contribution in [3.05, 3.63) is 117 Å². The molecule has 5 nitrogen and oxygen atoms in total. The molecule has 35 heavy (non-hydrogen) atoms. The summed E-state index contributed by atoms with van der Waals surface area (Å²) in [5, 5.41) is 8.80. The highest BCUT2D eigenvalue weighted by atomic mass is 127. The molecule has 4 rings (SSSR count). The number of ether oxygens (including phenoxy) is 2. The van der Waals surface area contributed by atoms with Gasteiger partial charge in [0.1, 0.15) is 18.1 Å². The van der Waals surface area contributed by atoms with Crippen molar-refractivity contribution in [2.75, 3.05) is 13.2 Å². The molecule has 3 aromatic carbocycles. The first-order chi connectivity index (χ1) is 17.0. The zero-order valence-electron chi connectivity index (χ0n) is 19.1. The quantitative estimate of drug-likeness (QED) is 0.226. The largest absolute Gasteiger partial charge is 0.489 e. The van der Waals surface area contributed by atoms with Gasteiger partial charge in [0.25, 0.3) is 0 Å². The summed E-state index contributed by atoms with van der Waals surface area (Å²) >= 11 is 2.30. The molecule has 0 unspecified atom stereocenters. The Kier molecular flexibility index (Phi) is 8.15. The third kappa shape index (κ3) is 6.70. The van der Waals surface area contributed by atoms with Crippen LogP contribution in [0.5, 0.6) is 11.5 Å². The molecule has 0 spiro atoms. The molecule has 0 saturated heterocycles. The molecule has 0 amide bonds. The number of aromatic nitrogens is 1. The number of carbonyl (C=O) groups is 1. The summed E-state index contributed by atoms with van der Waals surface area (Å²) in [4.78, 5) is 15.4. The van der Waals surface area contributed by atoms with Crippen LogP contribution in [0.1, 0.15) is 16.7 Å². The molecule has 176 valence electrons. The van der Waals surface area contributed by atoms with Gasteiger partial charge in [-0.25, -0.2) is 4.79 Å². The lowest BCUT2D eigenvalue weighted by Crippen LogP contribution is -2.10. The molecule has 6 heteroatoms. The van der Waals surface area contributed by atoms with Crippen molar-refractivity contribution in [3.63, 3.8) is 0 Å². The number of pyridine rings is 1. The average Bonchev–Trinajstić information content (AvgIpc) is 2.87. The van der Waals surface area contributed by atoms with Crippen LogP contribution in [0.2, 0.25) is 0 Å². The van der Waals surface area contributed by atoms with Crippen LogP contribution in [0, 0.1) is 10.5 Å². The number of hydrogen-bond acceptors (Lipinski definition) is 4. The first-order valence-corrected chi connectivity index (χ1v) is 12.1. The van der Waals surface area contributed by atoms with Gasteiger partial charge in [-0.05, 0) is 88.7 Å². The van der Waals surface area contributed by atoms with Gasteiger partial charge in [0.2, 0.25) is 0 Å². The first kappa shape index (κ1) is 24.5. The van der Waals surface area contributed by atoms with E-state index in [1.165, 1.54) is 3.57 Å². The van der Waals surface area contributed by atoms with E-state index in [0.717, 1.165) is 33.5 Å². The highest BCUT2D eigenvalue weighted by Crippen LogP contribution is 2.27. The Balaban J connectivity index is 1.54. The van der Waals surface area contributed by atoms with Gasteiger partial charge in [0, 0.05) is 20.9 Å². The van der Waals surface area contributed by atoms with Gasteiger partial charge in [-0.15, -0.1) is 0 Å². The van der Waals surface area contributed by atoms with Crippen LogP contribution in [-0.4, -0.2) is 29.3 Å². The maximum absolute atomic E-state index is 10.7. The lowest BCUT2D eigenvalue weighted by molar-refractivity contribution is -0.139. The van der Waals surface area contributed by atoms with Crippen molar-refractivity contribution >= 4 is 34.1 Å². The van der Waals surface area contributed by atoms with Gasteiger partial charge < -0.3 is 14.6 Å². The van der Waals surface area contributed by atoms with Crippen molar-refractivity contribution in [1.29, 1.82) is 0 Å². The number of aliphatic carboxylic acids is 1. The zero-order chi connectivity index (χ0) is 24.6. The van der Waals surface area contributed by atoms with E-state index in [1.54, 1.807) is 12.1 Å². The molecule has 0 aliphatic carbocycles. The number of rotatable bonds is 9. The summed E-state index contributed by atoms with van der Waals surface area (Å²) in [5.74, 6) is 0.199. The van der Waals surface area contributed by atoms with Crippen molar-refractivity contribution in [1.82, 2.24) is 4.98 Å². The molecule has 1 aromatic heterocycles. The second kappa shape index (κ2) is 11.7. The monoisotopic (exact) mass is 577 g/mol. The minimum atomic E-state index is -1.01. The molecule has 4 aromatic rings. The molecule has 0 atom stereocenters. The molecule has 1 N–H and O–H groups in total. The minimum absolute atomic E-state index is 0.358. The van der Waals surface area contributed by atoms with E-state index in [1.807, 2.05) is 61.7 Å². The second-order valence-corrected chi connectivity index (χ2v) is 9.09. The Morgan fingerprint density at radius 2 is 1.69 bits per heavy atom. The number of carboxylic acid groups (broad SMARTS) is 1. The van der Waals surface area contributed by atoms with Crippen LogP contribution >= 0.6 is 22.6 Å². The standard InChI is InChI=1S/C29H24INO4/c1-20-17-25(12-14-28(20)35-19-29(32)33)34-16-15-26(21-7-10-24(30)11-8-21)23-9-13-27(31-18-23)22-5-3-2-4-6-22/h2-15,17-18H,16,19H2,1H3,(H,32,33)/b26-15+. The van der Waals surface area contributed by atoms with E-state index in [2.05, 4.69) is 52.9 Å². The van der Waals surface area contributed by atoms with Gasteiger partial charge >= 0.3 is 5.97 Å². The Morgan fingerprint density at radius 3 is 2.34 bits per heavy atom. The van der Waals surface area contributed by atoms with E-state index >= 15 is 0 Å². The fourth-order valence-corrected chi connectivity index (χ4v) is 3.96. The summed E-state index contributed by atoms with van der Waals surface area (Å²) in [7, 11) is 0. The summed E-state index contributed by atoms with van der Waals surface area (Å²) in [6, 6.07) is 27.9. The van der Waals surface area contributed by atoms with Crippen molar-refractivity contribution < 1.29 is 19.4 Å². The maximum atomic E-state index is 10.7. The van der Waals surface area contributed by atoms with E-state index in [-0.39, 0.29) is 6.61 Å². The van der Waals surface area contributed by atoms with Crippen molar-refractivity contribution in [2.45, 2.75) is 6.92 Å². The number of aryl methyl sites for hydroxylation is 1. The lowest BCUT2D eigenvalue weighted by atomic mass is 9.98. The Morgan fingerprint density at radius 1 is 0.943 bits per heavy atom. The average molecular weight is 577 g/mol. The van der Waals surface area contributed by atoms with Gasteiger partial charge in [-0.1, -0.05) is 48.5 Å². The molecule has 0 aliphatic heterocycles. The third-order valence-corrected chi connectivity index (χ3v) is 6.05. The molecular weight excluding hydrogens is 553 g/mol. The normalized spacial score (nSPS) is 11.2. The SMILES string of the molecule is Cc1cc(OC/C=C(\c2ccc(I)cc2)c2ccc(-c3ccccc3)nc2)ccc1OCC(=O)O. The minimum Gasteiger partial charge on any atom is -0.489 e.